The Kier molecular flexibility index (Phi) is 4.31. The van der Waals surface area contributed by atoms with Crippen LogP contribution < -0.4 is 5.73 Å². The van der Waals surface area contributed by atoms with Crippen molar-refractivity contribution in [1.29, 1.82) is 0 Å². The summed E-state index contributed by atoms with van der Waals surface area (Å²) in [6.45, 7) is 1.95. The number of benzene rings is 1. The number of nitrogens with two attached hydrogens (primary N) is 1. The number of esters is 1. The standard InChI is InChI=1S/C12H17NO3/c1-3-8-5-4-6-9(12(8)15)10(13)7-11(14)16-2/h4-6,10,15H,3,7,13H2,1-2H3/t10-/m0/s1. The van der Waals surface area contributed by atoms with Crippen molar-refractivity contribution in [3.05, 3.63) is 29.3 Å². The molecule has 1 rings (SSSR count). The lowest BCUT2D eigenvalue weighted by molar-refractivity contribution is -0.141. The van der Waals surface area contributed by atoms with E-state index in [-0.39, 0.29) is 18.1 Å². The van der Waals surface area contributed by atoms with E-state index in [0.717, 1.165) is 12.0 Å². The topological polar surface area (TPSA) is 72.6 Å². The summed E-state index contributed by atoms with van der Waals surface area (Å²) in [5.74, 6) is -0.199. The minimum Gasteiger partial charge on any atom is -0.507 e. The molecule has 0 aliphatic heterocycles. The van der Waals surface area contributed by atoms with E-state index in [1.54, 1.807) is 6.07 Å². The predicted molar refractivity (Wildman–Crippen MR) is 61.0 cm³/mol. The van der Waals surface area contributed by atoms with Crippen LogP contribution in [0.3, 0.4) is 0 Å². The number of hydrogen-bond donors (Lipinski definition) is 2. The van der Waals surface area contributed by atoms with Crippen molar-refractivity contribution in [2.24, 2.45) is 5.73 Å². The van der Waals surface area contributed by atoms with Crippen molar-refractivity contribution >= 4 is 5.97 Å². The molecule has 0 radical (unpaired) electrons. The highest BCUT2D eigenvalue weighted by atomic mass is 16.5. The van der Waals surface area contributed by atoms with E-state index < -0.39 is 6.04 Å². The third-order valence-corrected chi connectivity index (χ3v) is 2.55. The van der Waals surface area contributed by atoms with Gasteiger partial charge in [-0.3, -0.25) is 4.79 Å². The fourth-order valence-electron chi connectivity index (χ4n) is 1.57. The fourth-order valence-corrected chi connectivity index (χ4v) is 1.57. The number of ether oxygens (including phenoxy) is 1. The van der Waals surface area contributed by atoms with Crippen LogP contribution in [0.15, 0.2) is 18.2 Å². The van der Waals surface area contributed by atoms with E-state index >= 15 is 0 Å². The van der Waals surface area contributed by atoms with Crippen LogP contribution in [-0.2, 0) is 16.0 Å². The molecule has 1 aromatic carbocycles. The summed E-state index contributed by atoms with van der Waals surface area (Å²) < 4.78 is 4.54. The Morgan fingerprint density at radius 1 is 1.56 bits per heavy atom. The zero-order valence-corrected chi connectivity index (χ0v) is 9.56. The number of para-hydroxylation sites is 1. The van der Waals surface area contributed by atoms with Crippen LogP contribution in [0.1, 0.15) is 30.5 Å². The van der Waals surface area contributed by atoms with Gasteiger partial charge in [-0.2, -0.15) is 0 Å². The first kappa shape index (κ1) is 12.5. The molecule has 3 N–H and O–H groups in total. The molecule has 4 heteroatoms. The third kappa shape index (κ3) is 2.73. The molecule has 0 fully saturated rings. The molecular weight excluding hydrogens is 206 g/mol. The molecule has 0 aromatic heterocycles. The predicted octanol–water partition coefficient (Wildman–Crippen LogP) is 1.52. The molecule has 0 unspecified atom stereocenters. The summed E-state index contributed by atoms with van der Waals surface area (Å²) in [4.78, 5) is 11.1. The molecular formula is C12H17NO3. The molecule has 0 bridgehead atoms. The van der Waals surface area contributed by atoms with Crippen LogP contribution in [0.4, 0.5) is 0 Å². The van der Waals surface area contributed by atoms with Gasteiger partial charge in [0, 0.05) is 11.6 Å². The Hall–Kier alpha value is -1.55. The van der Waals surface area contributed by atoms with Gasteiger partial charge in [-0.05, 0) is 12.0 Å². The lowest BCUT2D eigenvalue weighted by Crippen LogP contribution is -2.16. The Labute approximate surface area is 95.0 Å². The van der Waals surface area contributed by atoms with E-state index in [1.165, 1.54) is 7.11 Å². The smallest absolute Gasteiger partial charge is 0.307 e. The minimum atomic E-state index is -0.529. The van der Waals surface area contributed by atoms with Gasteiger partial charge in [0.25, 0.3) is 0 Å². The highest BCUT2D eigenvalue weighted by Gasteiger charge is 2.16. The first-order valence-corrected chi connectivity index (χ1v) is 5.23. The summed E-state index contributed by atoms with van der Waals surface area (Å²) in [5, 5.41) is 9.91. The Bertz CT molecular complexity index is 377. The van der Waals surface area contributed by atoms with Gasteiger partial charge < -0.3 is 15.6 Å². The number of rotatable bonds is 4. The number of phenols is 1. The summed E-state index contributed by atoms with van der Waals surface area (Å²) in [5.41, 5.74) is 7.25. The van der Waals surface area contributed by atoms with E-state index in [9.17, 15) is 9.90 Å². The summed E-state index contributed by atoms with van der Waals surface area (Å²) in [6, 6.07) is 4.86. The quantitative estimate of drug-likeness (QED) is 0.759. The van der Waals surface area contributed by atoms with Crippen LogP contribution in [-0.4, -0.2) is 18.2 Å². The van der Waals surface area contributed by atoms with Crippen LogP contribution in [0, 0.1) is 0 Å². The van der Waals surface area contributed by atoms with Crippen molar-refractivity contribution in [3.8, 4) is 5.75 Å². The van der Waals surface area contributed by atoms with E-state index in [0.29, 0.717) is 5.56 Å². The molecule has 0 heterocycles. The monoisotopic (exact) mass is 223 g/mol. The highest BCUT2D eigenvalue weighted by molar-refractivity contribution is 5.70. The summed E-state index contributed by atoms with van der Waals surface area (Å²) in [6.07, 6.45) is 0.793. The van der Waals surface area contributed by atoms with Gasteiger partial charge in [0.2, 0.25) is 0 Å². The van der Waals surface area contributed by atoms with E-state index in [4.69, 9.17) is 5.73 Å². The van der Waals surface area contributed by atoms with Crippen LogP contribution in [0.2, 0.25) is 0 Å². The van der Waals surface area contributed by atoms with Gasteiger partial charge in [-0.15, -0.1) is 0 Å². The van der Waals surface area contributed by atoms with E-state index in [1.807, 2.05) is 19.1 Å². The third-order valence-electron chi connectivity index (χ3n) is 2.55. The minimum absolute atomic E-state index is 0.0667. The fraction of sp³-hybridized carbons (Fsp3) is 0.417. The van der Waals surface area contributed by atoms with Crippen molar-refractivity contribution in [2.45, 2.75) is 25.8 Å². The van der Waals surface area contributed by atoms with Gasteiger partial charge in [-0.25, -0.2) is 0 Å². The SMILES string of the molecule is CCc1cccc([C@@H](N)CC(=O)OC)c1O. The van der Waals surface area contributed by atoms with Crippen molar-refractivity contribution in [2.75, 3.05) is 7.11 Å². The maximum Gasteiger partial charge on any atom is 0.307 e. The molecule has 16 heavy (non-hydrogen) atoms. The van der Waals surface area contributed by atoms with Crippen molar-refractivity contribution in [3.63, 3.8) is 0 Å². The van der Waals surface area contributed by atoms with Crippen LogP contribution in [0.25, 0.3) is 0 Å². The van der Waals surface area contributed by atoms with Gasteiger partial charge >= 0.3 is 5.97 Å². The van der Waals surface area contributed by atoms with Gasteiger partial charge in [-0.1, -0.05) is 25.1 Å². The normalized spacial score (nSPS) is 12.2. The number of methoxy groups -OCH3 is 1. The van der Waals surface area contributed by atoms with Gasteiger partial charge in [0.1, 0.15) is 5.75 Å². The molecule has 0 saturated carbocycles. The molecule has 0 amide bonds. The number of carbonyl (C=O) groups excluding carboxylic acids is 1. The number of phenolic OH excluding ortho intramolecular Hbond substituents is 1. The van der Waals surface area contributed by atoms with Crippen molar-refractivity contribution in [1.82, 2.24) is 0 Å². The number of carbonyl (C=O) groups is 1. The number of aryl methyl sites for hydroxylation is 1. The summed E-state index contributed by atoms with van der Waals surface area (Å²) >= 11 is 0. The Balaban J connectivity index is 2.91. The zero-order chi connectivity index (χ0) is 12.1. The lowest BCUT2D eigenvalue weighted by Gasteiger charge is -2.14. The molecule has 0 aliphatic carbocycles. The van der Waals surface area contributed by atoms with E-state index in [2.05, 4.69) is 4.74 Å². The molecule has 0 spiro atoms. The zero-order valence-electron chi connectivity index (χ0n) is 9.56. The second-order valence-corrected chi connectivity index (χ2v) is 3.60. The molecule has 0 saturated heterocycles. The lowest BCUT2D eigenvalue weighted by atomic mass is 9.99. The second-order valence-electron chi connectivity index (χ2n) is 3.60. The largest absolute Gasteiger partial charge is 0.507 e. The summed E-state index contributed by atoms with van der Waals surface area (Å²) in [7, 11) is 1.32. The molecule has 4 nitrogen and oxygen atoms in total. The molecule has 0 aliphatic rings. The maximum absolute atomic E-state index is 11.1. The molecule has 1 aromatic rings. The average molecular weight is 223 g/mol. The van der Waals surface area contributed by atoms with Crippen molar-refractivity contribution < 1.29 is 14.6 Å². The molecule has 1 atom stereocenters. The van der Waals surface area contributed by atoms with Gasteiger partial charge in [0.15, 0.2) is 0 Å². The Morgan fingerprint density at radius 2 is 2.25 bits per heavy atom. The highest BCUT2D eigenvalue weighted by Crippen LogP contribution is 2.28. The first-order chi connectivity index (χ1) is 7.60. The maximum atomic E-state index is 11.1. The molecule has 88 valence electrons. The number of hydrogen-bond acceptors (Lipinski definition) is 4. The van der Waals surface area contributed by atoms with Crippen LogP contribution in [0.5, 0.6) is 5.75 Å². The van der Waals surface area contributed by atoms with Gasteiger partial charge in [0.05, 0.1) is 13.5 Å². The first-order valence-electron chi connectivity index (χ1n) is 5.23. The second kappa shape index (κ2) is 5.51. The van der Waals surface area contributed by atoms with Crippen LogP contribution >= 0.6 is 0 Å². The Morgan fingerprint density at radius 3 is 2.81 bits per heavy atom. The average Bonchev–Trinajstić information content (AvgIpc) is 2.29. The number of aromatic hydroxyl groups is 1.